The molecular weight excluding hydrogens is 492 g/mol. The van der Waals surface area contributed by atoms with Gasteiger partial charge in [0.2, 0.25) is 0 Å². The van der Waals surface area contributed by atoms with Crippen LogP contribution in [-0.2, 0) is 15.9 Å². The first-order chi connectivity index (χ1) is 15.5. The van der Waals surface area contributed by atoms with E-state index >= 15 is 0 Å². The smallest absolute Gasteiger partial charge is 0.410 e. The maximum atomic E-state index is 13.4. The fraction of sp³-hybridized carbons (Fsp3) is 0.400. The second kappa shape index (κ2) is 9.08. The number of carbonyl (C=O) groups excluding carboxylic acids is 1. The Morgan fingerprint density at radius 2 is 1.81 bits per heavy atom. The first kappa shape index (κ1) is 21.8. The van der Waals surface area contributed by atoms with Crippen LogP contribution in [0.5, 0.6) is 0 Å². The summed E-state index contributed by atoms with van der Waals surface area (Å²) in [6.45, 7) is 0.603. The number of methoxy groups -OCH3 is 1. The highest BCUT2D eigenvalue weighted by Gasteiger charge is 2.36. The van der Waals surface area contributed by atoms with Crippen molar-refractivity contribution in [2.45, 2.75) is 50.4 Å². The highest BCUT2D eigenvalue weighted by atomic mass is 79.9. The van der Waals surface area contributed by atoms with Crippen LogP contribution in [0.3, 0.4) is 0 Å². The van der Waals surface area contributed by atoms with Crippen LogP contribution in [-0.4, -0.2) is 41.8 Å². The third kappa shape index (κ3) is 4.16. The number of amides is 1. The normalized spacial score (nSPS) is 23.2. The standard InChI is InChI=1S/C25H26BrClN2O3/c1-31-18-7-9-19(10-8-18)32-25(30)29-13-12-20-21-14-16(26)4-11-22(21)28-23(20)24(29)15-2-5-17(27)6-3-15/h2-6,11,14,18-19,24,28H,7-10,12-13H2,1H3. The van der Waals surface area contributed by atoms with Crippen LogP contribution < -0.4 is 0 Å². The van der Waals surface area contributed by atoms with E-state index in [1.54, 1.807) is 7.11 Å². The van der Waals surface area contributed by atoms with Crippen LogP contribution >= 0.6 is 27.5 Å². The lowest BCUT2D eigenvalue weighted by atomic mass is 9.92. The number of nitrogens with one attached hydrogen (secondary N) is 1. The van der Waals surface area contributed by atoms with Crippen LogP contribution in [0.15, 0.2) is 46.9 Å². The molecule has 3 aromatic rings. The average Bonchev–Trinajstić information content (AvgIpc) is 3.17. The summed E-state index contributed by atoms with van der Waals surface area (Å²) in [6, 6.07) is 13.7. The predicted molar refractivity (Wildman–Crippen MR) is 129 cm³/mol. The Balaban J connectivity index is 1.48. The minimum atomic E-state index is -0.253. The van der Waals surface area contributed by atoms with Gasteiger partial charge in [0.25, 0.3) is 0 Å². The summed E-state index contributed by atoms with van der Waals surface area (Å²) in [5.74, 6) is 0. The molecule has 2 heterocycles. The number of halogens is 2. The number of H-pyrrole nitrogens is 1. The topological polar surface area (TPSA) is 54.6 Å². The first-order valence-corrected chi connectivity index (χ1v) is 12.3. The van der Waals surface area contributed by atoms with Gasteiger partial charge in [0.1, 0.15) is 12.1 Å². The van der Waals surface area contributed by atoms with E-state index in [2.05, 4.69) is 33.0 Å². The average molecular weight is 518 g/mol. The molecule has 1 unspecified atom stereocenters. The third-order valence-electron chi connectivity index (χ3n) is 6.73. The quantitative estimate of drug-likeness (QED) is 0.424. The molecule has 1 aromatic heterocycles. The van der Waals surface area contributed by atoms with Crippen molar-refractivity contribution in [2.75, 3.05) is 13.7 Å². The van der Waals surface area contributed by atoms with Crippen molar-refractivity contribution in [1.29, 1.82) is 0 Å². The van der Waals surface area contributed by atoms with Crippen molar-refractivity contribution in [2.24, 2.45) is 0 Å². The van der Waals surface area contributed by atoms with Gasteiger partial charge in [-0.3, -0.25) is 4.90 Å². The Morgan fingerprint density at radius 3 is 2.53 bits per heavy atom. The molecule has 1 N–H and O–H groups in total. The third-order valence-corrected chi connectivity index (χ3v) is 7.48. The summed E-state index contributed by atoms with van der Waals surface area (Å²) in [5, 5.41) is 1.87. The number of rotatable bonds is 3. The zero-order chi connectivity index (χ0) is 22.2. The Hall–Kier alpha value is -2.02. The summed E-state index contributed by atoms with van der Waals surface area (Å²) in [4.78, 5) is 18.8. The molecule has 5 nitrogen and oxygen atoms in total. The first-order valence-electron chi connectivity index (χ1n) is 11.1. The van der Waals surface area contributed by atoms with E-state index < -0.39 is 0 Å². The van der Waals surface area contributed by atoms with Crippen molar-refractivity contribution < 1.29 is 14.3 Å². The molecule has 1 fully saturated rings. The largest absolute Gasteiger partial charge is 0.446 e. The molecule has 168 valence electrons. The van der Waals surface area contributed by atoms with Gasteiger partial charge in [-0.15, -0.1) is 0 Å². The Morgan fingerprint density at radius 1 is 1.09 bits per heavy atom. The number of hydrogen-bond acceptors (Lipinski definition) is 3. The predicted octanol–water partition coefficient (Wildman–Crippen LogP) is 6.63. The molecule has 5 rings (SSSR count). The molecule has 0 radical (unpaired) electrons. The lowest BCUT2D eigenvalue weighted by Gasteiger charge is -2.37. The van der Waals surface area contributed by atoms with E-state index in [9.17, 15) is 4.79 Å². The number of aromatic nitrogens is 1. The second-order valence-electron chi connectivity index (χ2n) is 8.62. The number of carbonyl (C=O) groups is 1. The van der Waals surface area contributed by atoms with E-state index in [0.717, 1.165) is 53.4 Å². The molecular formula is C25H26BrClN2O3. The minimum absolute atomic E-state index is 0.0557. The van der Waals surface area contributed by atoms with Gasteiger partial charge in [0.05, 0.1) is 6.10 Å². The highest BCUT2D eigenvalue weighted by Crippen LogP contribution is 2.40. The lowest BCUT2D eigenvalue weighted by Crippen LogP contribution is -2.42. The number of aromatic amines is 1. The Bertz CT molecular complexity index is 1120. The van der Waals surface area contributed by atoms with E-state index in [0.29, 0.717) is 11.6 Å². The van der Waals surface area contributed by atoms with E-state index in [4.69, 9.17) is 21.1 Å². The monoisotopic (exact) mass is 516 g/mol. The molecule has 7 heteroatoms. The molecule has 2 aromatic carbocycles. The fourth-order valence-electron chi connectivity index (χ4n) is 5.05. The second-order valence-corrected chi connectivity index (χ2v) is 9.97. The van der Waals surface area contributed by atoms with Gasteiger partial charge in [0.15, 0.2) is 0 Å². The van der Waals surface area contributed by atoms with Gasteiger partial charge < -0.3 is 14.5 Å². The lowest BCUT2D eigenvalue weighted by molar-refractivity contribution is -0.00146. The van der Waals surface area contributed by atoms with Gasteiger partial charge in [-0.1, -0.05) is 39.7 Å². The van der Waals surface area contributed by atoms with Gasteiger partial charge in [-0.05, 0) is 73.6 Å². The molecule has 1 aliphatic heterocycles. The van der Waals surface area contributed by atoms with Crippen molar-refractivity contribution in [3.8, 4) is 0 Å². The number of fused-ring (bicyclic) bond motifs is 3. The van der Waals surface area contributed by atoms with Crippen LogP contribution in [0, 0.1) is 0 Å². The molecule has 0 saturated heterocycles. The Kier molecular flexibility index (Phi) is 6.19. The molecule has 0 spiro atoms. The van der Waals surface area contributed by atoms with Crippen molar-refractivity contribution in [3.05, 3.63) is 68.8 Å². The van der Waals surface area contributed by atoms with E-state index in [1.165, 1.54) is 10.9 Å². The molecule has 2 aliphatic rings. The van der Waals surface area contributed by atoms with E-state index in [1.807, 2.05) is 35.2 Å². The highest BCUT2D eigenvalue weighted by molar-refractivity contribution is 9.10. The molecule has 1 aliphatic carbocycles. The maximum Gasteiger partial charge on any atom is 0.410 e. The summed E-state index contributed by atoms with van der Waals surface area (Å²) in [6.07, 6.45) is 4.28. The number of hydrogen-bond donors (Lipinski definition) is 1. The Labute approximate surface area is 201 Å². The van der Waals surface area contributed by atoms with Crippen molar-refractivity contribution in [3.63, 3.8) is 0 Å². The van der Waals surface area contributed by atoms with Crippen molar-refractivity contribution in [1.82, 2.24) is 9.88 Å². The molecule has 32 heavy (non-hydrogen) atoms. The van der Waals surface area contributed by atoms with Gasteiger partial charge in [-0.25, -0.2) is 4.79 Å². The van der Waals surface area contributed by atoms with Gasteiger partial charge in [-0.2, -0.15) is 0 Å². The number of benzene rings is 2. The van der Waals surface area contributed by atoms with Gasteiger partial charge in [0, 0.05) is 39.7 Å². The summed E-state index contributed by atoms with van der Waals surface area (Å²) in [7, 11) is 1.75. The number of ether oxygens (including phenoxy) is 2. The maximum absolute atomic E-state index is 13.4. The van der Waals surface area contributed by atoms with Crippen LogP contribution in [0.1, 0.15) is 48.5 Å². The SMILES string of the molecule is COC1CCC(OC(=O)N2CCc3c([nH]c4ccc(Br)cc34)C2c2ccc(Cl)cc2)CC1. The summed E-state index contributed by atoms with van der Waals surface area (Å²) >= 11 is 9.75. The minimum Gasteiger partial charge on any atom is -0.446 e. The zero-order valence-electron chi connectivity index (χ0n) is 17.9. The van der Waals surface area contributed by atoms with Crippen LogP contribution in [0.4, 0.5) is 4.79 Å². The molecule has 1 amide bonds. The van der Waals surface area contributed by atoms with Gasteiger partial charge >= 0.3 is 6.09 Å². The zero-order valence-corrected chi connectivity index (χ0v) is 20.3. The molecule has 0 bridgehead atoms. The number of nitrogens with zero attached hydrogens (tertiary/aromatic N) is 1. The van der Waals surface area contributed by atoms with E-state index in [-0.39, 0.29) is 24.3 Å². The van der Waals surface area contributed by atoms with Crippen molar-refractivity contribution >= 4 is 44.5 Å². The summed E-state index contributed by atoms with van der Waals surface area (Å²) in [5.41, 5.74) is 4.39. The molecule has 1 atom stereocenters. The molecule has 1 saturated carbocycles. The fourth-order valence-corrected chi connectivity index (χ4v) is 5.53. The summed E-state index contributed by atoms with van der Waals surface area (Å²) < 4.78 is 12.5. The van der Waals surface area contributed by atoms with Crippen LogP contribution in [0.25, 0.3) is 10.9 Å². The van der Waals surface area contributed by atoms with Crippen LogP contribution in [0.2, 0.25) is 5.02 Å².